The van der Waals surface area contributed by atoms with E-state index in [1.165, 1.54) is 23.1 Å². The lowest BCUT2D eigenvalue weighted by atomic mass is 9.77. The largest absolute Gasteiger partial charge is 0.309 e. The van der Waals surface area contributed by atoms with Crippen LogP contribution in [-0.2, 0) is 6.42 Å². The van der Waals surface area contributed by atoms with Gasteiger partial charge in [-0.05, 0) is 41.0 Å². The summed E-state index contributed by atoms with van der Waals surface area (Å²) in [6.07, 6.45) is 1.17. The minimum atomic E-state index is 0.283. The van der Waals surface area contributed by atoms with Gasteiger partial charge in [-0.3, -0.25) is 0 Å². The highest BCUT2D eigenvalue weighted by molar-refractivity contribution is 5.38. The van der Waals surface area contributed by atoms with E-state index in [1.807, 2.05) is 0 Å². The summed E-state index contributed by atoms with van der Waals surface area (Å²) in [7, 11) is 0. The van der Waals surface area contributed by atoms with E-state index >= 15 is 0 Å². The zero-order chi connectivity index (χ0) is 12.6. The van der Waals surface area contributed by atoms with Gasteiger partial charge < -0.3 is 5.32 Å². The molecule has 1 atom stereocenters. The van der Waals surface area contributed by atoms with Gasteiger partial charge in [0.15, 0.2) is 0 Å². The van der Waals surface area contributed by atoms with Crippen molar-refractivity contribution < 1.29 is 0 Å². The van der Waals surface area contributed by atoms with Crippen LogP contribution in [0.5, 0.6) is 0 Å². The molecule has 0 spiro atoms. The maximum Gasteiger partial charge on any atom is 0.0372 e. The van der Waals surface area contributed by atoms with E-state index in [-0.39, 0.29) is 5.41 Å². The van der Waals surface area contributed by atoms with Gasteiger partial charge in [0.2, 0.25) is 0 Å². The molecule has 0 aliphatic carbocycles. The Morgan fingerprint density at radius 3 is 2.53 bits per heavy atom. The zero-order valence-corrected chi connectivity index (χ0v) is 11.8. The van der Waals surface area contributed by atoms with Gasteiger partial charge in [-0.15, -0.1) is 0 Å². The number of hydrogen-bond acceptors (Lipinski definition) is 1. The third-order valence-electron chi connectivity index (χ3n) is 3.76. The highest BCUT2D eigenvalue weighted by atomic mass is 14.9. The summed E-state index contributed by atoms with van der Waals surface area (Å²) >= 11 is 0. The van der Waals surface area contributed by atoms with E-state index in [9.17, 15) is 0 Å². The van der Waals surface area contributed by atoms with Gasteiger partial charge >= 0.3 is 0 Å². The first-order chi connectivity index (χ1) is 7.89. The third-order valence-corrected chi connectivity index (χ3v) is 3.76. The van der Waals surface area contributed by atoms with Gasteiger partial charge in [0.25, 0.3) is 0 Å². The van der Waals surface area contributed by atoms with Crippen molar-refractivity contribution in [2.24, 2.45) is 5.41 Å². The molecule has 0 saturated heterocycles. The predicted octanol–water partition coefficient (Wildman–Crippen LogP) is 4.04. The van der Waals surface area contributed by atoms with Crippen molar-refractivity contribution in [2.45, 2.75) is 53.0 Å². The molecule has 1 aliphatic heterocycles. The average molecular weight is 231 g/mol. The summed E-state index contributed by atoms with van der Waals surface area (Å²) in [5.74, 6) is 0.614. The summed E-state index contributed by atoms with van der Waals surface area (Å²) < 4.78 is 0. The minimum Gasteiger partial charge on any atom is -0.309 e. The van der Waals surface area contributed by atoms with E-state index in [4.69, 9.17) is 0 Å². The molecule has 94 valence electrons. The van der Waals surface area contributed by atoms with Crippen LogP contribution in [0.1, 0.15) is 63.3 Å². The van der Waals surface area contributed by atoms with Crippen molar-refractivity contribution >= 4 is 0 Å². The number of benzene rings is 1. The van der Waals surface area contributed by atoms with Gasteiger partial charge in [0.05, 0.1) is 0 Å². The fourth-order valence-corrected chi connectivity index (χ4v) is 2.70. The molecule has 0 bridgehead atoms. The molecule has 0 radical (unpaired) electrons. The molecule has 1 unspecified atom stereocenters. The van der Waals surface area contributed by atoms with Crippen LogP contribution >= 0.6 is 0 Å². The average Bonchev–Trinajstić information content (AvgIpc) is 2.26. The lowest BCUT2D eigenvalue weighted by Crippen LogP contribution is -2.37. The first-order valence-corrected chi connectivity index (χ1v) is 6.75. The molecule has 17 heavy (non-hydrogen) atoms. The number of nitrogens with one attached hydrogen (secondary N) is 1. The first-order valence-electron chi connectivity index (χ1n) is 6.75. The Kier molecular flexibility index (Phi) is 3.31. The summed E-state index contributed by atoms with van der Waals surface area (Å²) in [4.78, 5) is 0. The number of fused-ring (bicyclic) bond motifs is 1. The van der Waals surface area contributed by atoms with E-state index < -0.39 is 0 Å². The van der Waals surface area contributed by atoms with Gasteiger partial charge in [0, 0.05) is 6.04 Å². The maximum atomic E-state index is 3.68. The van der Waals surface area contributed by atoms with Crippen LogP contribution in [0.15, 0.2) is 18.2 Å². The van der Waals surface area contributed by atoms with Crippen molar-refractivity contribution in [3.63, 3.8) is 0 Å². The van der Waals surface area contributed by atoms with Crippen LogP contribution in [0.4, 0.5) is 0 Å². The van der Waals surface area contributed by atoms with Crippen LogP contribution in [0.25, 0.3) is 0 Å². The third kappa shape index (κ3) is 2.55. The Balaban J connectivity index is 2.45. The fraction of sp³-hybridized carbons (Fsp3) is 0.625. The van der Waals surface area contributed by atoms with Gasteiger partial charge in [-0.25, -0.2) is 0 Å². The van der Waals surface area contributed by atoms with E-state index in [1.54, 1.807) is 0 Å². The molecule has 0 saturated carbocycles. The van der Waals surface area contributed by atoms with Crippen molar-refractivity contribution in [3.8, 4) is 0 Å². The topological polar surface area (TPSA) is 12.0 Å². The van der Waals surface area contributed by atoms with Gasteiger partial charge in [-0.1, -0.05) is 52.8 Å². The lowest BCUT2D eigenvalue weighted by molar-refractivity contribution is 0.263. The van der Waals surface area contributed by atoms with Gasteiger partial charge in [0.1, 0.15) is 0 Å². The van der Waals surface area contributed by atoms with Gasteiger partial charge in [-0.2, -0.15) is 0 Å². The molecule has 1 aliphatic rings. The molecular weight excluding hydrogens is 206 g/mol. The van der Waals surface area contributed by atoms with Crippen molar-refractivity contribution in [2.75, 3.05) is 6.54 Å². The van der Waals surface area contributed by atoms with E-state index in [0.29, 0.717) is 12.0 Å². The summed E-state index contributed by atoms with van der Waals surface area (Å²) in [5.41, 5.74) is 4.80. The highest BCUT2D eigenvalue weighted by Crippen LogP contribution is 2.37. The Labute approximate surface area is 106 Å². The molecule has 1 aromatic carbocycles. The second-order valence-corrected chi connectivity index (χ2v) is 6.62. The van der Waals surface area contributed by atoms with Crippen molar-refractivity contribution in [1.82, 2.24) is 5.32 Å². The molecule has 2 rings (SSSR count). The summed E-state index contributed by atoms with van der Waals surface area (Å²) in [6.45, 7) is 12.6. The molecule has 1 N–H and O–H groups in total. The normalized spacial score (nSPS) is 20.5. The molecule has 1 heteroatoms. The number of hydrogen-bond donors (Lipinski definition) is 1. The Morgan fingerprint density at radius 2 is 1.94 bits per heavy atom. The first kappa shape index (κ1) is 12.6. The summed E-state index contributed by atoms with van der Waals surface area (Å²) in [5, 5.41) is 3.68. The second-order valence-electron chi connectivity index (χ2n) is 6.62. The quantitative estimate of drug-likeness (QED) is 0.769. The molecular formula is C16H25N. The highest BCUT2D eigenvalue weighted by Gasteiger charge is 2.30. The Morgan fingerprint density at radius 1 is 1.24 bits per heavy atom. The zero-order valence-electron chi connectivity index (χ0n) is 11.8. The van der Waals surface area contributed by atoms with Crippen LogP contribution < -0.4 is 5.32 Å². The van der Waals surface area contributed by atoms with Crippen molar-refractivity contribution in [3.05, 3.63) is 34.9 Å². The minimum absolute atomic E-state index is 0.283. The lowest BCUT2D eigenvalue weighted by Gasteiger charge is -2.37. The maximum absolute atomic E-state index is 3.68. The van der Waals surface area contributed by atoms with Crippen LogP contribution in [-0.4, -0.2) is 6.54 Å². The number of rotatable bonds is 1. The monoisotopic (exact) mass is 231 g/mol. The standard InChI is InChI=1S/C16H25N/c1-11(2)13-7-6-12-8-9-17-15(14(12)10-13)16(3,4)5/h6-7,10-11,15,17H,8-9H2,1-5H3. The molecule has 1 aromatic rings. The molecule has 0 aromatic heterocycles. The summed E-state index contributed by atoms with van der Waals surface area (Å²) in [6, 6.07) is 7.55. The Bertz CT molecular complexity index is 398. The molecule has 0 fully saturated rings. The van der Waals surface area contributed by atoms with Crippen LogP contribution in [0.3, 0.4) is 0 Å². The second kappa shape index (κ2) is 4.45. The predicted molar refractivity (Wildman–Crippen MR) is 74.4 cm³/mol. The molecule has 0 amide bonds. The SMILES string of the molecule is CC(C)c1ccc2c(c1)C(C(C)(C)C)NCC2. The smallest absolute Gasteiger partial charge is 0.0372 e. The Hall–Kier alpha value is -0.820. The van der Waals surface area contributed by atoms with Crippen LogP contribution in [0, 0.1) is 5.41 Å². The van der Waals surface area contributed by atoms with Crippen LogP contribution in [0.2, 0.25) is 0 Å². The van der Waals surface area contributed by atoms with E-state index in [2.05, 4.69) is 58.1 Å². The van der Waals surface area contributed by atoms with Crippen molar-refractivity contribution in [1.29, 1.82) is 0 Å². The fourth-order valence-electron chi connectivity index (χ4n) is 2.70. The molecule has 1 heterocycles. The molecule has 1 nitrogen and oxygen atoms in total. The van der Waals surface area contributed by atoms with E-state index in [0.717, 1.165) is 6.54 Å².